The normalized spacial score (nSPS) is 20.4. The number of aromatic nitrogens is 2. The van der Waals surface area contributed by atoms with Gasteiger partial charge < -0.3 is 10.6 Å². The summed E-state index contributed by atoms with van der Waals surface area (Å²) >= 11 is 1.38. The molecule has 0 saturated carbocycles. The van der Waals surface area contributed by atoms with Crippen LogP contribution >= 0.6 is 11.3 Å². The van der Waals surface area contributed by atoms with Crippen molar-refractivity contribution >= 4 is 22.5 Å². The molecular weight excluding hydrogens is 238 g/mol. The first-order chi connectivity index (χ1) is 8.19. The third-order valence-electron chi connectivity index (χ3n) is 2.88. The predicted molar refractivity (Wildman–Crippen MR) is 67.0 cm³/mol. The molecule has 1 atom stereocenters. The van der Waals surface area contributed by atoms with Gasteiger partial charge in [0.1, 0.15) is 5.01 Å². The molecule has 1 unspecified atom stereocenters. The highest BCUT2D eigenvalue weighted by Gasteiger charge is 2.23. The van der Waals surface area contributed by atoms with E-state index >= 15 is 0 Å². The number of piperidine rings is 1. The number of hydrogen-bond acceptors (Lipinski definition) is 5. The number of amides is 2. The SMILES string of the molecule is Cc1nnc(NC(=O)N2CCCC(CN)C2)s1. The first kappa shape index (κ1) is 12.3. The van der Waals surface area contributed by atoms with E-state index in [1.807, 2.05) is 6.92 Å². The zero-order valence-electron chi connectivity index (χ0n) is 9.85. The molecule has 1 aliphatic rings. The van der Waals surface area contributed by atoms with Crippen LogP contribution in [0.15, 0.2) is 0 Å². The second-order valence-corrected chi connectivity index (χ2v) is 5.43. The Morgan fingerprint density at radius 3 is 3.12 bits per heavy atom. The lowest BCUT2D eigenvalue weighted by Gasteiger charge is -2.31. The molecule has 0 bridgehead atoms. The number of rotatable bonds is 2. The maximum atomic E-state index is 12.0. The van der Waals surface area contributed by atoms with Crippen molar-refractivity contribution in [3.8, 4) is 0 Å². The van der Waals surface area contributed by atoms with Gasteiger partial charge in [0.25, 0.3) is 0 Å². The molecule has 1 aromatic heterocycles. The molecule has 2 rings (SSSR count). The minimum atomic E-state index is -0.0979. The molecule has 1 aromatic rings. The van der Waals surface area contributed by atoms with Gasteiger partial charge in [-0.05, 0) is 32.2 Å². The lowest BCUT2D eigenvalue weighted by Crippen LogP contribution is -2.44. The summed E-state index contributed by atoms with van der Waals surface area (Å²) in [4.78, 5) is 13.8. The third kappa shape index (κ3) is 3.13. The van der Waals surface area contributed by atoms with E-state index in [1.165, 1.54) is 11.3 Å². The lowest BCUT2D eigenvalue weighted by molar-refractivity contribution is 0.179. The van der Waals surface area contributed by atoms with Crippen LogP contribution in [-0.2, 0) is 0 Å². The standard InChI is InChI=1S/C10H17N5OS/c1-7-13-14-9(17-7)12-10(16)15-4-2-3-8(5-11)6-15/h8H,2-6,11H2,1H3,(H,12,14,16). The molecule has 0 aromatic carbocycles. The van der Waals surface area contributed by atoms with Gasteiger partial charge in [0, 0.05) is 13.1 Å². The van der Waals surface area contributed by atoms with E-state index in [4.69, 9.17) is 5.73 Å². The van der Waals surface area contributed by atoms with Crippen molar-refractivity contribution < 1.29 is 4.79 Å². The Morgan fingerprint density at radius 2 is 2.47 bits per heavy atom. The van der Waals surface area contributed by atoms with Crippen molar-refractivity contribution in [1.29, 1.82) is 0 Å². The van der Waals surface area contributed by atoms with Gasteiger partial charge in [0.2, 0.25) is 5.13 Å². The molecular formula is C10H17N5OS. The van der Waals surface area contributed by atoms with Crippen LogP contribution in [0.4, 0.5) is 9.93 Å². The van der Waals surface area contributed by atoms with E-state index in [0.717, 1.165) is 30.9 Å². The molecule has 1 fully saturated rings. The summed E-state index contributed by atoms with van der Waals surface area (Å²) in [7, 11) is 0. The summed E-state index contributed by atoms with van der Waals surface area (Å²) in [6.45, 7) is 4.03. The van der Waals surface area contributed by atoms with Gasteiger partial charge in [-0.2, -0.15) is 0 Å². The first-order valence-electron chi connectivity index (χ1n) is 5.75. The smallest absolute Gasteiger partial charge is 0.323 e. The van der Waals surface area contributed by atoms with E-state index < -0.39 is 0 Å². The van der Waals surface area contributed by atoms with Crippen molar-refractivity contribution in [3.63, 3.8) is 0 Å². The van der Waals surface area contributed by atoms with Gasteiger partial charge in [-0.3, -0.25) is 5.32 Å². The third-order valence-corrected chi connectivity index (χ3v) is 3.63. The number of urea groups is 1. The van der Waals surface area contributed by atoms with Crippen LogP contribution in [0.1, 0.15) is 17.8 Å². The number of likely N-dealkylation sites (tertiary alicyclic amines) is 1. The van der Waals surface area contributed by atoms with Crippen LogP contribution in [0.5, 0.6) is 0 Å². The largest absolute Gasteiger partial charge is 0.330 e. The Balaban J connectivity index is 1.91. The quantitative estimate of drug-likeness (QED) is 0.827. The minimum absolute atomic E-state index is 0.0979. The van der Waals surface area contributed by atoms with Crippen LogP contribution in [0, 0.1) is 12.8 Å². The number of nitrogens with zero attached hydrogens (tertiary/aromatic N) is 3. The number of hydrogen-bond donors (Lipinski definition) is 2. The second-order valence-electron chi connectivity index (χ2n) is 4.25. The summed E-state index contributed by atoms with van der Waals surface area (Å²) < 4.78 is 0. The van der Waals surface area contributed by atoms with Crippen LogP contribution in [0.3, 0.4) is 0 Å². The summed E-state index contributed by atoms with van der Waals surface area (Å²) in [5.74, 6) is 0.422. The van der Waals surface area contributed by atoms with E-state index in [9.17, 15) is 4.79 Å². The highest BCUT2D eigenvalue weighted by molar-refractivity contribution is 7.15. The zero-order chi connectivity index (χ0) is 12.3. The van der Waals surface area contributed by atoms with Crippen LogP contribution < -0.4 is 11.1 Å². The number of nitrogens with two attached hydrogens (primary N) is 1. The van der Waals surface area contributed by atoms with Crippen LogP contribution in [0.2, 0.25) is 0 Å². The molecule has 0 aliphatic carbocycles. The fourth-order valence-corrected chi connectivity index (χ4v) is 2.54. The highest BCUT2D eigenvalue weighted by atomic mass is 32.1. The van der Waals surface area contributed by atoms with Gasteiger partial charge in [-0.25, -0.2) is 4.79 Å². The predicted octanol–water partition coefficient (Wildman–Crippen LogP) is 1.05. The Morgan fingerprint density at radius 1 is 1.65 bits per heavy atom. The first-order valence-corrected chi connectivity index (χ1v) is 6.57. The molecule has 0 spiro atoms. The average molecular weight is 255 g/mol. The summed E-state index contributed by atoms with van der Waals surface area (Å²) in [5, 5.41) is 11.9. The van der Waals surface area contributed by atoms with Gasteiger partial charge in [-0.15, -0.1) is 10.2 Å². The molecule has 2 heterocycles. The average Bonchev–Trinajstić information content (AvgIpc) is 2.75. The van der Waals surface area contributed by atoms with E-state index in [-0.39, 0.29) is 6.03 Å². The number of carbonyl (C=O) groups is 1. The Kier molecular flexibility index (Phi) is 3.90. The Hall–Kier alpha value is -1.21. The summed E-state index contributed by atoms with van der Waals surface area (Å²) in [5.41, 5.74) is 5.64. The van der Waals surface area contributed by atoms with Crippen LogP contribution in [-0.4, -0.2) is 40.8 Å². The van der Waals surface area contributed by atoms with Crippen molar-refractivity contribution in [2.75, 3.05) is 25.0 Å². The Labute approximate surface area is 104 Å². The number of aryl methyl sites for hydroxylation is 1. The Bertz CT molecular complexity index is 394. The molecule has 2 amide bonds. The summed E-state index contributed by atoms with van der Waals surface area (Å²) in [6.07, 6.45) is 2.13. The maximum absolute atomic E-state index is 12.0. The molecule has 6 nitrogen and oxygen atoms in total. The maximum Gasteiger partial charge on any atom is 0.323 e. The van der Waals surface area contributed by atoms with Gasteiger partial charge in [0.05, 0.1) is 0 Å². The van der Waals surface area contributed by atoms with Crippen LogP contribution in [0.25, 0.3) is 0 Å². The van der Waals surface area contributed by atoms with Gasteiger partial charge in [-0.1, -0.05) is 11.3 Å². The molecule has 0 radical (unpaired) electrons. The van der Waals surface area contributed by atoms with E-state index in [0.29, 0.717) is 17.6 Å². The molecule has 7 heteroatoms. The monoisotopic (exact) mass is 255 g/mol. The molecule has 1 aliphatic heterocycles. The molecule has 94 valence electrons. The van der Waals surface area contributed by atoms with Crippen molar-refractivity contribution in [2.24, 2.45) is 11.7 Å². The lowest BCUT2D eigenvalue weighted by atomic mass is 9.99. The topological polar surface area (TPSA) is 84.1 Å². The fourth-order valence-electron chi connectivity index (χ4n) is 1.96. The van der Waals surface area contributed by atoms with E-state index in [2.05, 4.69) is 15.5 Å². The fraction of sp³-hybridized carbons (Fsp3) is 0.700. The van der Waals surface area contributed by atoms with E-state index in [1.54, 1.807) is 4.90 Å². The minimum Gasteiger partial charge on any atom is -0.330 e. The van der Waals surface area contributed by atoms with Crippen molar-refractivity contribution in [2.45, 2.75) is 19.8 Å². The molecule has 3 N–H and O–H groups in total. The van der Waals surface area contributed by atoms with Crippen molar-refractivity contribution in [3.05, 3.63) is 5.01 Å². The second kappa shape index (κ2) is 5.42. The number of anilines is 1. The number of nitrogens with one attached hydrogen (secondary N) is 1. The van der Waals surface area contributed by atoms with Crippen molar-refractivity contribution in [1.82, 2.24) is 15.1 Å². The summed E-state index contributed by atoms with van der Waals surface area (Å²) in [6, 6.07) is -0.0979. The van der Waals surface area contributed by atoms with Gasteiger partial charge in [0.15, 0.2) is 0 Å². The molecule has 1 saturated heterocycles. The molecule has 17 heavy (non-hydrogen) atoms. The zero-order valence-corrected chi connectivity index (χ0v) is 10.7. The number of carbonyl (C=O) groups excluding carboxylic acids is 1. The highest BCUT2D eigenvalue weighted by Crippen LogP contribution is 2.18. The van der Waals surface area contributed by atoms with Gasteiger partial charge >= 0.3 is 6.03 Å².